The fourth-order valence-corrected chi connectivity index (χ4v) is 6.67. The van der Waals surface area contributed by atoms with Crippen molar-refractivity contribution in [3.8, 4) is 0 Å². The molecule has 1 aromatic heterocycles. The number of nitrogens with one attached hydrogen (secondary N) is 2. The van der Waals surface area contributed by atoms with Crippen molar-refractivity contribution in [3.05, 3.63) is 143 Å². The molecule has 1 atom stereocenters. The van der Waals surface area contributed by atoms with E-state index in [1.54, 1.807) is 32.0 Å². The number of H-pyrrole nitrogens is 1. The maximum Gasteiger partial charge on any atom is 0.416 e. The number of para-hydroxylation sites is 1. The molecule has 0 fully saturated rings. The summed E-state index contributed by atoms with van der Waals surface area (Å²) in [5.74, 6) is -1.83. The predicted molar refractivity (Wildman–Crippen MR) is 163 cm³/mol. The monoisotopic (exact) mass is 612 g/mol. The standard InChI is InChI=1S/C36H31F3N2O4/c1-3-44-32(42)35(33(43)45-4-2)29-27-20-11-12-21-28(27)40-31(29)34(24-15-7-5-8-16-24,25-17-9-6-10-18-25)30(41-35)23-14-13-19-26(22-23)36(37,38)39/h5-22,30,40-41H,3-4H2,1-2H3/t30-/m0/s1. The summed E-state index contributed by atoms with van der Waals surface area (Å²) in [5, 5.41) is 3.89. The second-order valence-corrected chi connectivity index (χ2v) is 10.9. The zero-order valence-corrected chi connectivity index (χ0v) is 24.7. The predicted octanol–water partition coefficient (Wildman–Crippen LogP) is 7.19. The molecule has 0 radical (unpaired) electrons. The summed E-state index contributed by atoms with van der Waals surface area (Å²) in [6.07, 6.45) is -4.64. The van der Waals surface area contributed by atoms with Gasteiger partial charge in [-0.2, -0.15) is 13.2 Å². The van der Waals surface area contributed by atoms with E-state index in [0.29, 0.717) is 22.2 Å². The maximum atomic E-state index is 14.2. The Morgan fingerprint density at radius 1 is 0.756 bits per heavy atom. The van der Waals surface area contributed by atoms with E-state index in [1.165, 1.54) is 6.07 Å². The lowest BCUT2D eigenvalue weighted by Gasteiger charge is -2.51. The minimum absolute atomic E-state index is 0.0455. The Hall–Kier alpha value is -4.89. The maximum absolute atomic E-state index is 14.2. The summed E-state index contributed by atoms with van der Waals surface area (Å²) < 4.78 is 53.7. The molecule has 2 N–H and O–H groups in total. The molecule has 0 amide bonds. The molecule has 5 aromatic rings. The fourth-order valence-electron chi connectivity index (χ4n) is 6.67. The third-order valence-corrected chi connectivity index (χ3v) is 8.44. The Kier molecular flexibility index (Phi) is 7.74. The Labute approximate surface area is 258 Å². The molecule has 0 spiro atoms. The highest BCUT2D eigenvalue weighted by molar-refractivity contribution is 6.10. The van der Waals surface area contributed by atoms with Crippen LogP contribution in [0.5, 0.6) is 0 Å². The number of benzene rings is 4. The molecule has 9 heteroatoms. The highest BCUT2D eigenvalue weighted by Gasteiger charge is 2.64. The van der Waals surface area contributed by atoms with E-state index in [9.17, 15) is 22.8 Å². The molecule has 1 aliphatic heterocycles. The normalized spacial score (nSPS) is 17.0. The van der Waals surface area contributed by atoms with E-state index in [0.717, 1.165) is 23.3 Å². The summed E-state index contributed by atoms with van der Waals surface area (Å²) in [7, 11) is 0. The van der Waals surface area contributed by atoms with Crippen molar-refractivity contribution in [2.24, 2.45) is 0 Å². The molecule has 1 aliphatic rings. The first-order chi connectivity index (χ1) is 21.7. The minimum Gasteiger partial charge on any atom is -0.464 e. The van der Waals surface area contributed by atoms with E-state index in [1.807, 2.05) is 72.8 Å². The van der Waals surface area contributed by atoms with Crippen LogP contribution in [-0.4, -0.2) is 30.1 Å². The van der Waals surface area contributed by atoms with Crippen molar-refractivity contribution < 1.29 is 32.2 Å². The number of aromatic nitrogens is 1. The number of halogens is 3. The summed E-state index contributed by atoms with van der Waals surface area (Å²) >= 11 is 0. The number of hydrogen-bond acceptors (Lipinski definition) is 5. The van der Waals surface area contributed by atoms with Crippen LogP contribution in [0, 0.1) is 0 Å². The van der Waals surface area contributed by atoms with Gasteiger partial charge in [0.15, 0.2) is 0 Å². The molecule has 6 nitrogen and oxygen atoms in total. The zero-order chi connectivity index (χ0) is 31.8. The van der Waals surface area contributed by atoms with Gasteiger partial charge in [-0.3, -0.25) is 5.32 Å². The van der Waals surface area contributed by atoms with Gasteiger partial charge >= 0.3 is 18.1 Å². The number of ether oxygens (including phenoxy) is 2. The number of alkyl halides is 3. The summed E-state index contributed by atoms with van der Waals surface area (Å²) in [6.45, 7) is 3.16. The fraction of sp³-hybridized carbons (Fsp3) is 0.222. The molecule has 2 heterocycles. The molecule has 230 valence electrons. The zero-order valence-electron chi connectivity index (χ0n) is 24.7. The van der Waals surface area contributed by atoms with Gasteiger partial charge in [0.2, 0.25) is 5.54 Å². The van der Waals surface area contributed by atoms with Crippen molar-refractivity contribution in [1.82, 2.24) is 10.3 Å². The van der Waals surface area contributed by atoms with Gasteiger partial charge < -0.3 is 14.5 Å². The molecule has 0 saturated carbocycles. The summed E-state index contributed by atoms with van der Waals surface area (Å²) in [4.78, 5) is 32.0. The van der Waals surface area contributed by atoms with Crippen molar-refractivity contribution in [3.63, 3.8) is 0 Å². The van der Waals surface area contributed by atoms with Crippen LogP contribution in [-0.2, 0) is 36.2 Å². The molecule has 6 rings (SSSR count). The van der Waals surface area contributed by atoms with Gasteiger partial charge in [-0.15, -0.1) is 0 Å². The van der Waals surface area contributed by atoms with E-state index in [-0.39, 0.29) is 18.8 Å². The molecule has 0 aliphatic carbocycles. The van der Waals surface area contributed by atoms with Gasteiger partial charge in [-0.25, -0.2) is 9.59 Å². The first-order valence-electron chi connectivity index (χ1n) is 14.7. The van der Waals surface area contributed by atoms with Gasteiger partial charge in [0.25, 0.3) is 0 Å². The third-order valence-electron chi connectivity index (χ3n) is 8.44. The molecular formula is C36H31F3N2O4. The highest BCUT2D eigenvalue weighted by Crippen LogP contribution is 2.57. The number of hydrogen-bond donors (Lipinski definition) is 2. The topological polar surface area (TPSA) is 80.4 Å². The first kappa shape index (κ1) is 30.1. The Morgan fingerprint density at radius 3 is 1.87 bits per heavy atom. The SMILES string of the molecule is CCOC(=O)C1(C(=O)OCC)N[C@@H](c2cccc(C(F)(F)F)c2)C(c2ccccc2)(c2ccccc2)c2[nH]c3ccccc3c21. The van der Waals surface area contributed by atoms with Gasteiger partial charge in [-0.1, -0.05) is 91.0 Å². The lowest BCUT2D eigenvalue weighted by molar-refractivity contribution is -0.168. The minimum atomic E-state index is -4.64. The molecule has 0 bridgehead atoms. The molecule has 0 saturated heterocycles. The smallest absolute Gasteiger partial charge is 0.416 e. The van der Waals surface area contributed by atoms with Gasteiger partial charge in [0, 0.05) is 22.2 Å². The molecule has 45 heavy (non-hydrogen) atoms. The van der Waals surface area contributed by atoms with Crippen LogP contribution in [0.3, 0.4) is 0 Å². The van der Waals surface area contributed by atoms with E-state index < -0.39 is 40.7 Å². The van der Waals surface area contributed by atoms with Gasteiger partial charge in [0.05, 0.1) is 30.2 Å². The average Bonchev–Trinajstić information content (AvgIpc) is 3.45. The molecule has 4 aromatic carbocycles. The van der Waals surface area contributed by atoms with Crippen LogP contribution < -0.4 is 5.32 Å². The summed E-state index contributed by atoms with van der Waals surface area (Å²) in [5.41, 5.74) is -1.33. The molecular weight excluding hydrogens is 581 g/mol. The third kappa shape index (κ3) is 4.69. The van der Waals surface area contributed by atoms with Crippen molar-refractivity contribution >= 4 is 22.8 Å². The lowest BCUT2D eigenvalue weighted by atomic mass is 9.59. The van der Waals surface area contributed by atoms with Crippen LogP contribution in [0.1, 0.15) is 53.4 Å². The largest absolute Gasteiger partial charge is 0.464 e. The Morgan fingerprint density at radius 2 is 1.31 bits per heavy atom. The number of aromatic amines is 1. The van der Waals surface area contributed by atoms with E-state index in [4.69, 9.17) is 9.47 Å². The second kappa shape index (κ2) is 11.6. The second-order valence-electron chi connectivity index (χ2n) is 10.9. The first-order valence-corrected chi connectivity index (χ1v) is 14.7. The van der Waals surface area contributed by atoms with Crippen LogP contribution >= 0.6 is 0 Å². The van der Waals surface area contributed by atoms with Crippen LogP contribution in [0.2, 0.25) is 0 Å². The molecule has 0 unspecified atom stereocenters. The number of esters is 2. The summed E-state index contributed by atoms with van der Waals surface area (Å²) in [6, 6.07) is 29.8. The van der Waals surface area contributed by atoms with Crippen LogP contribution in [0.25, 0.3) is 10.9 Å². The Bertz CT molecular complexity index is 1790. The average molecular weight is 613 g/mol. The van der Waals surface area contributed by atoms with Crippen LogP contribution in [0.15, 0.2) is 109 Å². The van der Waals surface area contributed by atoms with E-state index in [2.05, 4.69) is 10.3 Å². The van der Waals surface area contributed by atoms with E-state index >= 15 is 0 Å². The van der Waals surface area contributed by atoms with Gasteiger partial charge in [0.1, 0.15) is 0 Å². The number of carbonyl (C=O) groups excluding carboxylic acids is 2. The number of carbonyl (C=O) groups is 2. The van der Waals surface area contributed by atoms with Crippen molar-refractivity contribution in [2.75, 3.05) is 13.2 Å². The van der Waals surface area contributed by atoms with Crippen LogP contribution in [0.4, 0.5) is 13.2 Å². The Balaban J connectivity index is 1.84. The van der Waals surface area contributed by atoms with Crippen molar-refractivity contribution in [1.29, 1.82) is 0 Å². The number of fused-ring (bicyclic) bond motifs is 3. The number of rotatable bonds is 7. The van der Waals surface area contributed by atoms with Crippen molar-refractivity contribution in [2.45, 2.75) is 37.0 Å². The quantitative estimate of drug-likeness (QED) is 0.150. The highest BCUT2D eigenvalue weighted by atomic mass is 19.4. The lowest BCUT2D eigenvalue weighted by Crippen LogP contribution is -2.65. The van der Waals surface area contributed by atoms with Gasteiger partial charge in [-0.05, 0) is 48.7 Å².